The molecule has 1 N–H and O–H groups in total. The number of methoxy groups -OCH3 is 1. The van der Waals surface area contributed by atoms with Crippen molar-refractivity contribution < 1.29 is 43.2 Å². The largest absolute Gasteiger partial charge is 0.481 e. The van der Waals surface area contributed by atoms with E-state index in [0.717, 1.165) is 31.3 Å². The monoisotopic (exact) mass is 750 g/mol. The molecule has 0 saturated carbocycles. The summed E-state index contributed by atoms with van der Waals surface area (Å²) in [5.41, 5.74) is -3.52. The Labute approximate surface area is 314 Å². The van der Waals surface area contributed by atoms with E-state index < -0.39 is 44.9 Å². The summed E-state index contributed by atoms with van der Waals surface area (Å²) < 4.78 is 21.4. The van der Waals surface area contributed by atoms with Gasteiger partial charge < -0.3 is 29.0 Å². The fraction of sp³-hybridized carbons (Fsp3) is 0.684. The number of hydrogen-bond donors (Lipinski definition) is 1. The third kappa shape index (κ3) is 15.2. The van der Waals surface area contributed by atoms with E-state index in [1.54, 1.807) is 27.7 Å². The highest BCUT2D eigenvalue weighted by atomic mass is 32.2. The van der Waals surface area contributed by atoms with Crippen molar-refractivity contribution in [3.63, 3.8) is 0 Å². The van der Waals surface area contributed by atoms with Gasteiger partial charge in [-0.05, 0) is 78.5 Å². The lowest BCUT2D eigenvalue weighted by Gasteiger charge is -2.42. The molecule has 0 radical (unpaired) electrons. The van der Waals surface area contributed by atoms with Gasteiger partial charge >= 0.3 is 23.9 Å². The Morgan fingerprint density at radius 2 is 1.41 bits per heavy atom. The maximum Gasteiger partial charge on any atom is 0.322 e. The van der Waals surface area contributed by atoms with E-state index in [1.807, 2.05) is 51.1 Å². The zero-order valence-corrected chi connectivity index (χ0v) is 33.3. The molecule has 0 spiro atoms. The maximum absolute atomic E-state index is 14.4. The number of carboxylic acid groups (broad SMARTS) is 1. The number of unbranched alkanes of at least 4 members (excludes halogenated alkanes) is 1. The van der Waals surface area contributed by atoms with Gasteiger partial charge in [-0.25, -0.2) is 0 Å². The van der Waals surface area contributed by atoms with Crippen LogP contribution in [0, 0.1) is 27.6 Å². The van der Waals surface area contributed by atoms with Gasteiger partial charge in [0.2, 0.25) is 0 Å². The van der Waals surface area contributed by atoms with Gasteiger partial charge in [-0.2, -0.15) is 5.26 Å². The number of likely N-dealkylation sites (N-methyl/N-ethyl adjacent to an activating group) is 1. The Balaban J connectivity index is 3.83. The molecule has 0 aliphatic rings. The number of carboxylic acids is 1. The summed E-state index contributed by atoms with van der Waals surface area (Å²) in [4.78, 5) is 56.1. The zero-order chi connectivity index (χ0) is 38.7. The molecule has 51 heavy (non-hydrogen) atoms. The number of rotatable bonds is 25. The number of carbonyl (C=O) groups is 4. The van der Waals surface area contributed by atoms with Crippen LogP contribution in [0.5, 0.6) is 0 Å². The second-order valence-electron chi connectivity index (χ2n) is 14.0. The second kappa shape index (κ2) is 22.1. The van der Waals surface area contributed by atoms with Crippen LogP contribution in [-0.4, -0.2) is 96.0 Å². The highest BCUT2D eigenvalue weighted by Gasteiger charge is 2.54. The fourth-order valence-electron chi connectivity index (χ4n) is 6.27. The van der Waals surface area contributed by atoms with Gasteiger partial charge in [0.05, 0.1) is 39.7 Å². The van der Waals surface area contributed by atoms with Crippen LogP contribution < -0.4 is 0 Å². The molecular formula is C38H58N2O9S2. The predicted octanol–water partition coefficient (Wildman–Crippen LogP) is 6.85. The fourth-order valence-corrected chi connectivity index (χ4v) is 8.15. The quantitative estimate of drug-likeness (QED) is 0.0480. The minimum absolute atomic E-state index is 0.0214. The average molecular weight is 751 g/mol. The van der Waals surface area contributed by atoms with Gasteiger partial charge in [0.25, 0.3) is 0 Å². The van der Waals surface area contributed by atoms with Gasteiger partial charge in [-0.3, -0.25) is 19.2 Å². The topological polar surface area (TPSA) is 152 Å². The van der Waals surface area contributed by atoms with E-state index in [0.29, 0.717) is 22.7 Å². The van der Waals surface area contributed by atoms with Crippen LogP contribution in [0.2, 0.25) is 0 Å². The van der Waals surface area contributed by atoms with E-state index >= 15 is 0 Å². The first-order valence-corrected chi connectivity index (χ1v) is 18.8. The van der Waals surface area contributed by atoms with Crippen LogP contribution >= 0.6 is 24.0 Å². The number of nitriles is 1. The Morgan fingerprint density at radius 1 is 0.843 bits per heavy atom. The van der Waals surface area contributed by atoms with Gasteiger partial charge in [-0.15, -0.1) is 0 Å². The molecule has 4 unspecified atom stereocenters. The Morgan fingerprint density at radius 3 is 1.94 bits per heavy atom. The lowest BCUT2D eigenvalue weighted by Crippen LogP contribution is -2.48. The van der Waals surface area contributed by atoms with Crippen molar-refractivity contribution in [2.45, 2.75) is 98.2 Å². The summed E-state index contributed by atoms with van der Waals surface area (Å²) in [5.74, 6) is -2.94. The zero-order valence-electron chi connectivity index (χ0n) is 31.7. The molecule has 0 aromatic heterocycles. The summed E-state index contributed by atoms with van der Waals surface area (Å²) in [6, 6.07) is 11.4. The second-order valence-corrected chi connectivity index (χ2v) is 16.2. The lowest BCUT2D eigenvalue weighted by atomic mass is 9.63. The number of hydrogen-bond acceptors (Lipinski definition) is 12. The molecule has 1 rings (SSSR count). The number of aliphatic carboxylic acids is 1. The Hall–Kier alpha value is -3.05. The standard InChI is InChI=1S/C38H58N2O9S2/c1-9-12-21-47-32(43)36(5,25-35(4,28-39)19-18-30(41)42)26-37(6,33(44)48-22-20-40(10-2)11-3)27-38(7,34(45)49-24-23-46-8)51-31(50)29-16-14-13-15-17-29/h13-17H,9-12,18-27H2,1-8H3,(H,41,42). The summed E-state index contributed by atoms with van der Waals surface area (Å²) in [6.07, 6.45) is 0.669. The molecule has 0 aliphatic carbocycles. The summed E-state index contributed by atoms with van der Waals surface area (Å²) >= 11 is 6.90. The van der Waals surface area contributed by atoms with Crippen molar-refractivity contribution >= 4 is 52.1 Å². The normalized spacial score (nSPS) is 16.0. The van der Waals surface area contributed by atoms with Crippen LogP contribution in [-0.2, 0) is 38.1 Å². The molecule has 286 valence electrons. The van der Waals surface area contributed by atoms with E-state index in [-0.39, 0.29) is 58.5 Å². The molecule has 4 atom stereocenters. The molecule has 1 aromatic rings. The minimum Gasteiger partial charge on any atom is -0.481 e. The Kier molecular flexibility index (Phi) is 19.9. The predicted molar refractivity (Wildman–Crippen MR) is 202 cm³/mol. The van der Waals surface area contributed by atoms with E-state index in [9.17, 15) is 29.5 Å². The number of carbonyl (C=O) groups excluding carboxylic acids is 3. The van der Waals surface area contributed by atoms with E-state index in [1.165, 1.54) is 7.11 Å². The summed E-state index contributed by atoms with van der Waals surface area (Å²) in [6.45, 7) is 14.9. The minimum atomic E-state index is -1.51. The molecule has 0 heterocycles. The van der Waals surface area contributed by atoms with Gasteiger partial charge in [0.1, 0.15) is 18.0 Å². The van der Waals surface area contributed by atoms with Crippen molar-refractivity contribution in [3.05, 3.63) is 35.9 Å². The van der Waals surface area contributed by atoms with Crippen molar-refractivity contribution in [2.24, 2.45) is 16.2 Å². The number of thioether (sulfide) groups is 1. The Bertz CT molecular complexity index is 1340. The molecule has 1 aromatic carbocycles. The SMILES string of the molecule is CCCCOC(=O)C(C)(CC(C)(C#N)CCC(=O)O)CC(C)(CC(C)(SC(=S)c1ccccc1)C(=O)OCCOC)C(=O)OCCN(CC)CC. The molecule has 13 heteroatoms. The first-order valence-electron chi connectivity index (χ1n) is 17.6. The van der Waals surface area contributed by atoms with Crippen LogP contribution in [0.15, 0.2) is 30.3 Å². The highest BCUT2D eigenvalue weighted by Crippen LogP contribution is 2.50. The van der Waals surface area contributed by atoms with E-state index in [4.69, 9.17) is 31.2 Å². The van der Waals surface area contributed by atoms with Gasteiger partial charge in [-0.1, -0.05) is 81.5 Å². The molecule has 11 nitrogen and oxygen atoms in total. The molecule has 0 fully saturated rings. The lowest BCUT2D eigenvalue weighted by molar-refractivity contribution is -0.167. The van der Waals surface area contributed by atoms with Crippen molar-refractivity contribution in [1.82, 2.24) is 4.90 Å². The van der Waals surface area contributed by atoms with Crippen LogP contribution in [0.25, 0.3) is 0 Å². The third-order valence-corrected chi connectivity index (χ3v) is 10.6. The van der Waals surface area contributed by atoms with Crippen molar-refractivity contribution in [2.75, 3.05) is 53.2 Å². The van der Waals surface area contributed by atoms with Crippen LogP contribution in [0.1, 0.15) is 99.0 Å². The first-order chi connectivity index (χ1) is 24.0. The highest BCUT2D eigenvalue weighted by molar-refractivity contribution is 8.25. The van der Waals surface area contributed by atoms with Crippen molar-refractivity contribution in [3.8, 4) is 6.07 Å². The van der Waals surface area contributed by atoms with E-state index in [2.05, 4.69) is 11.0 Å². The van der Waals surface area contributed by atoms with Crippen molar-refractivity contribution in [1.29, 1.82) is 5.26 Å². The van der Waals surface area contributed by atoms with Crippen LogP contribution in [0.3, 0.4) is 0 Å². The average Bonchev–Trinajstić information content (AvgIpc) is 3.09. The van der Waals surface area contributed by atoms with Crippen LogP contribution in [0.4, 0.5) is 0 Å². The third-order valence-electron chi connectivity index (χ3n) is 8.98. The molecule has 0 amide bonds. The molecule has 0 saturated heterocycles. The molecular weight excluding hydrogens is 693 g/mol. The number of esters is 3. The maximum atomic E-state index is 14.4. The number of ether oxygens (including phenoxy) is 4. The van der Waals surface area contributed by atoms with Gasteiger partial charge in [0, 0.05) is 20.1 Å². The number of benzene rings is 1. The number of nitrogens with zero attached hydrogens (tertiary/aromatic N) is 2. The number of thiocarbonyl (C=S) groups is 1. The summed E-state index contributed by atoms with van der Waals surface area (Å²) in [5, 5.41) is 19.7. The molecule has 0 bridgehead atoms. The molecule has 0 aliphatic heterocycles. The van der Waals surface area contributed by atoms with Gasteiger partial charge in [0.15, 0.2) is 0 Å². The smallest absolute Gasteiger partial charge is 0.322 e. The first kappa shape index (κ1) is 46.0. The summed E-state index contributed by atoms with van der Waals surface area (Å²) in [7, 11) is 1.49.